The van der Waals surface area contributed by atoms with E-state index in [1.807, 2.05) is 37.3 Å². The lowest BCUT2D eigenvalue weighted by Gasteiger charge is -2.13. The van der Waals surface area contributed by atoms with E-state index in [-0.39, 0.29) is 29.2 Å². The van der Waals surface area contributed by atoms with Crippen molar-refractivity contribution in [2.24, 2.45) is 0 Å². The number of aryl methyl sites for hydroxylation is 1. The first-order valence-corrected chi connectivity index (χ1v) is 10.5. The number of hydrogen-bond donors (Lipinski definition) is 1. The molecule has 1 aromatic carbocycles. The van der Waals surface area contributed by atoms with E-state index in [1.54, 1.807) is 10.7 Å². The van der Waals surface area contributed by atoms with Gasteiger partial charge in [0, 0.05) is 11.0 Å². The lowest BCUT2D eigenvalue weighted by atomic mass is 10.3. The lowest BCUT2D eigenvalue weighted by molar-refractivity contribution is -0.113. The number of rotatable bonds is 5. The van der Waals surface area contributed by atoms with E-state index in [4.69, 9.17) is 0 Å². The van der Waals surface area contributed by atoms with Crippen LogP contribution in [0.5, 0.6) is 0 Å². The first kappa shape index (κ1) is 17.0. The number of sulfone groups is 1. The molecule has 1 atom stereocenters. The summed E-state index contributed by atoms with van der Waals surface area (Å²) in [5, 5.41) is 7.21. The van der Waals surface area contributed by atoms with E-state index in [0.717, 1.165) is 10.6 Å². The largest absolute Gasteiger partial charge is 0.310 e. The second kappa shape index (κ2) is 6.98. The highest BCUT2D eigenvalue weighted by atomic mass is 32.2. The Bertz CT molecular complexity index is 832. The van der Waals surface area contributed by atoms with Crippen molar-refractivity contribution in [2.75, 3.05) is 22.6 Å². The van der Waals surface area contributed by atoms with Crippen LogP contribution in [0.2, 0.25) is 0 Å². The highest BCUT2D eigenvalue weighted by Gasteiger charge is 2.31. The van der Waals surface area contributed by atoms with Gasteiger partial charge in [-0.3, -0.25) is 4.79 Å². The van der Waals surface area contributed by atoms with Crippen molar-refractivity contribution < 1.29 is 13.2 Å². The summed E-state index contributed by atoms with van der Waals surface area (Å²) in [6.07, 6.45) is 0.533. The normalized spacial score (nSPS) is 19.3. The molecular weight excluding hydrogens is 346 g/mol. The number of thioether (sulfide) groups is 1. The van der Waals surface area contributed by atoms with Crippen LogP contribution >= 0.6 is 11.8 Å². The molecule has 0 spiro atoms. The molecule has 0 aliphatic carbocycles. The van der Waals surface area contributed by atoms with Gasteiger partial charge in [0.1, 0.15) is 5.82 Å². The third-order valence-electron chi connectivity index (χ3n) is 3.79. The molecule has 0 saturated carbocycles. The Morgan fingerprint density at radius 3 is 2.79 bits per heavy atom. The molecule has 24 heavy (non-hydrogen) atoms. The van der Waals surface area contributed by atoms with E-state index in [9.17, 15) is 13.2 Å². The van der Waals surface area contributed by atoms with Crippen molar-refractivity contribution in [3.63, 3.8) is 0 Å². The summed E-state index contributed by atoms with van der Waals surface area (Å²) in [6, 6.07) is 11.3. The van der Waals surface area contributed by atoms with Crippen molar-refractivity contribution >= 4 is 33.3 Å². The molecule has 1 aliphatic rings. The quantitative estimate of drug-likeness (QED) is 0.822. The van der Waals surface area contributed by atoms with Crippen LogP contribution in [-0.4, -0.2) is 41.4 Å². The minimum absolute atomic E-state index is 0.0791. The minimum Gasteiger partial charge on any atom is -0.310 e. The van der Waals surface area contributed by atoms with Gasteiger partial charge < -0.3 is 5.32 Å². The van der Waals surface area contributed by atoms with Gasteiger partial charge in [0.05, 0.1) is 29.0 Å². The number of nitrogens with zero attached hydrogens (tertiary/aromatic N) is 2. The van der Waals surface area contributed by atoms with Gasteiger partial charge in [-0.15, -0.1) is 11.8 Å². The average molecular weight is 365 g/mol. The first-order chi connectivity index (χ1) is 11.4. The van der Waals surface area contributed by atoms with Crippen LogP contribution in [0.15, 0.2) is 41.3 Å². The van der Waals surface area contributed by atoms with Gasteiger partial charge >= 0.3 is 0 Å². The Morgan fingerprint density at radius 1 is 1.38 bits per heavy atom. The Hall–Kier alpha value is -1.80. The predicted octanol–water partition coefficient (Wildman–Crippen LogP) is 2.28. The smallest absolute Gasteiger partial charge is 0.235 e. The van der Waals surface area contributed by atoms with Crippen molar-refractivity contribution in [1.82, 2.24) is 9.78 Å². The topological polar surface area (TPSA) is 81.1 Å². The first-order valence-electron chi connectivity index (χ1n) is 7.67. The fourth-order valence-corrected chi connectivity index (χ4v) is 5.11. The van der Waals surface area contributed by atoms with Crippen molar-refractivity contribution in [2.45, 2.75) is 24.3 Å². The van der Waals surface area contributed by atoms with E-state index in [1.165, 1.54) is 11.8 Å². The second-order valence-electron chi connectivity index (χ2n) is 5.82. The molecular formula is C16H19N3O3S2. The molecule has 2 aromatic rings. The zero-order valence-corrected chi connectivity index (χ0v) is 14.9. The molecule has 128 valence electrons. The zero-order valence-electron chi connectivity index (χ0n) is 13.3. The Morgan fingerprint density at radius 2 is 2.12 bits per heavy atom. The van der Waals surface area contributed by atoms with Crippen LogP contribution < -0.4 is 5.32 Å². The van der Waals surface area contributed by atoms with E-state index in [0.29, 0.717) is 12.2 Å². The maximum Gasteiger partial charge on any atom is 0.235 e. The van der Waals surface area contributed by atoms with Gasteiger partial charge in [0.25, 0.3) is 0 Å². The molecule has 8 heteroatoms. The highest BCUT2D eigenvalue weighted by Crippen LogP contribution is 2.27. The van der Waals surface area contributed by atoms with Crippen LogP contribution in [-0.2, 0) is 14.6 Å². The average Bonchev–Trinajstić information content (AvgIpc) is 3.08. The summed E-state index contributed by atoms with van der Waals surface area (Å²) < 4.78 is 25.0. The number of carbonyl (C=O) groups is 1. The van der Waals surface area contributed by atoms with E-state index >= 15 is 0 Å². The number of carbonyl (C=O) groups excluding carboxylic acids is 1. The Balaban J connectivity index is 1.66. The number of hydrogen-bond acceptors (Lipinski definition) is 5. The lowest BCUT2D eigenvalue weighted by Crippen LogP contribution is -2.20. The zero-order chi connectivity index (χ0) is 17.2. The van der Waals surface area contributed by atoms with Gasteiger partial charge in [0.2, 0.25) is 5.91 Å². The fourth-order valence-electron chi connectivity index (χ4n) is 2.70. The highest BCUT2D eigenvalue weighted by molar-refractivity contribution is 8.00. The number of benzene rings is 1. The van der Waals surface area contributed by atoms with Gasteiger partial charge in [0.15, 0.2) is 9.84 Å². The van der Waals surface area contributed by atoms with Crippen LogP contribution in [0.1, 0.15) is 18.2 Å². The molecule has 1 N–H and O–H groups in total. The fraction of sp³-hybridized carbons (Fsp3) is 0.375. The second-order valence-corrected chi connectivity index (χ2v) is 9.10. The van der Waals surface area contributed by atoms with E-state index < -0.39 is 9.84 Å². The molecule has 1 fully saturated rings. The third kappa shape index (κ3) is 4.18. The van der Waals surface area contributed by atoms with Crippen LogP contribution in [0, 0.1) is 6.92 Å². The van der Waals surface area contributed by atoms with Gasteiger partial charge in [-0.05, 0) is 25.5 Å². The van der Waals surface area contributed by atoms with Crippen LogP contribution in [0.3, 0.4) is 0 Å². The summed E-state index contributed by atoms with van der Waals surface area (Å²) >= 11 is 1.45. The standard InChI is InChI=1S/C16H19N3O3S2/c1-12-9-15(19(18-12)13-7-8-24(21,22)11-13)17-16(20)10-23-14-5-3-2-4-6-14/h2-6,9,13H,7-8,10-11H2,1H3,(H,17,20)/t13-/m0/s1. The number of anilines is 1. The number of nitrogens with one attached hydrogen (secondary N) is 1. The third-order valence-corrected chi connectivity index (χ3v) is 6.56. The predicted molar refractivity (Wildman–Crippen MR) is 95.1 cm³/mol. The maximum absolute atomic E-state index is 12.2. The molecule has 2 heterocycles. The molecule has 0 bridgehead atoms. The van der Waals surface area contributed by atoms with Gasteiger partial charge in [-0.1, -0.05) is 18.2 Å². The molecule has 1 saturated heterocycles. The summed E-state index contributed by atoms with van der Waals surface area (Å²) in [6.45, 7) is 1.83. The van der Waals surface area contributed by atoms with Gasteiger partial charge in [-0.25, -0.2) is 13.1 Å². The van der Waals surface area contributed by atoms with E-state index in [2.05, 4.69) is 10.4 Å². The number of amides is 1. The summed E-state index contributed by atoms with van der Waals surface area (Å²) in [4.78, 5) is 13.2. The van der Waals surface area contributed by atoms with Gasteiger partial charge in [-0.2, -0.15) is 5.10 Å². The minimum atomic E-state index is -3.00. The Labute approximate surface area is 145 Å². The van der Waals surface area contributed by atoms with Crippen molar-refractivity contribution in [3.05, 3.63) is 42.1 Å². The molecule has 0 radical (unpaired) electrons. The van der Waals surface area contributed by atoms with Crippen LogP contribution in [0.25, 0.3) is 0 Å². The summed E-state index contributed by atoms with van der Waals surface area (Å²) in [5.41, 5.74) is 0.755. The van der Waals surface area contributed by atoms with Crippen LogP contribution in [0.4, 0.5) is 5.82 Å². The van der Waals surface area contributed by atoms with Crippen molar-refractivity contribution in [1.29, 1.82) is 0 Å². The molecule has 6 nitrogen and oxygen atoms in total. The Kier molecular flexibility index (Phi) is 4.96. The monoisotopic (exact) mass is 365 g/mol. The summed E-state index contributed by atoms with van der Waals surface area (Å²) in [5.74, 6) is 0.972. The SMILES string of the molecule is Cc1cc(NC(=O)CSc2ccccc2)n([C@H]2CCS(=O)(=O)C2)n1. The molecule has 0 unspecified atom stereocenters. The molecule has 1 aromatic heterocycles. The summed E-state index contributed by atoms with van der Waals surface area (Å²) in [7, 11) is -3.00. The molecule has 3 rings (SSSR count). The van der Waals surface area contributed by atoms with Crippen molar-refractivity contribution in [3.8, 4) is 0 Å². The molecule has 1 amide bonds. The molecule has 1 aliphatic heterocycles. The maximum atomic E-state index is 12.2. The number of aromatic nitrogens is 2.